The van der Waals surface area contributed by atoms with Crippen LogP contribution in [0.1, 0.15) is 11.6 Å². The Labute approximate surface area is 152 Å². The van der Waals surface area contributed by atoms with Gasteiger partial charge in [0, 0.05) is 37.5 Å². The topological polar surface area (TPSA) is 61.6 Å². The molecular weight excluding hydrogens is 336 g/mol. The van der Waals surface area contributed by atoms with Crippen molar-refractivity contribution in [2.45, 2.75) is 6.04 Å². The number of benzene rings is 2. The minimum Gasteiger partial charge on any atom is -0.339 e. The molecule has 0 aliphatic carbocycles. The molecule has 0 bridgehead atoms. The highest BCUT2D eigenvalue weighted by molar-refractivity contribution is 7.80. The average molecular weight is 356 g/mol. The Hall–Kier alpha value is -2.51. The van der Waals surface area contributed by atoms with Crippen LogP contribution in [0.25, 0.3) is 0 Å². The van der Waals surface area contributed by atoms with E-state index in [9.17, 15) is 10.1 Å². The molecular formula is C18H20N4O2S. The Morgan fingerprint density at radius 2 is 1.84 bits per heavy atom. The van der Waals surface area contributed by atoms with Gasteiger partial charge in [-0.1, -0.05) is 30.3 Å². The number of nitrogens with one attached hydrogen (secondary N) is 1. The predicted octanol–water partition coefficient (Wildman–Crippen LogP) is 3.28. The third-order valence-corrected chi connectivity index (χ3v) is 4.69. The minimum absolute atomic E-state index is 0.0678. The molecule has 6 nitrogen and oxygen atoms in total. The van der Waals surface area contributed by atoms with Crippen molar-refractivity contribution < 1.29 is 4.92 Å². The number of hydrogen-bond donors (Lipinski definition) is 1. The van der Waals surface area contributed by atoms with Crippen LogP contribution in [0, 0.1) is 10.1 Å². The van der Waals surface area contributed by atoms with E-state index in [1.807, 2.05) is 18.2 Å². The van der Waals surface area contributed by atoms with Gasteiger partial charge in [0.05, 0.1) is 11.0 Å². The van der Waals surface area contributed by atoms with Crippen LogP contribution in [0.5, 0.6) is 0 Å². The van der Waals surface area contributed by atoms with E-state index in [2.05, 4.69) is 34.3 Å². The summed E-state index contributed by atoms with van der Waals surface area (Å²) < 4.78 is 0. The zero-order valence-electron chi connectivity index (χ0n) is 14.0. The van der Waals surface area contributed by atoms with Crippen molar-refractivity contribution in [1.29, 1.82) is 0 Å². The number of hydrogen-bond acceptors (Lipinski definition) is 4. The predicted molar refractivity (Wildman–Crippen MR) is 103 cm³/mol. The number of piperazine rings is 1. The van der Waals surface area contributed by atoms with Gasteiger partial charge in [0.2, 0.25) is 0 Å². The Bertz CT molecular complexity index is 751. The molecule has 1 aliphatic heterocycles. The van der Waals surface area contributed by atoms with Crippen molar-refractivity contribution in [3.63, 3.8) is 0 Å². The SMILES string of the molecule is CN1CCN(C(=S)Nc2ccc([N+](=O)[O-])cc2)[C@@H](c2ccccc2)C1. The van der Waals surface area contributed by atoms with E-state index in [0.29, 0.717) is 5.11 Å². The largest absolute Gasteiger partial charge is 0.339 e. The molecule has 2 aromatic carbocycles. The zero-order chi connectivity index (χ0) is 17.8. The number of non-ortho nitro benzene ring substituents is 1. The molecule has 0 radical (unpaired) electrons. The number of thiocarbonyl (C=S) groups is 1. The van der Waals surface area contributed by atoms with Gasteiger partial charge >= 0.3 is 0 Å². The Balaban J connectivity index is 1.75. The second kappa shape index (κ2) is 7.58. The highest BCUT2D eigenvalue weighted by Gasteiger charge is 2.28. The third-order valence-electron chi connectivity index (χ3n) is 4.36. The lowest BCUT2D eigenvalue weighted by molar-refractivity contribution is -0.384. The first-order valence-corrected chi connectivity index (χ1v) is 8.51. The lowest BCUT2D eigenvalue weighted by Gasteiger charge is -2.41. The molecule has 1 atom stereocenters. The van der Waals surface area contributed by atoms with E-state index in [-0.39, 0.29) is 11.7 Å². The quantitative estimate of drug-likeness (QED) is 0.517. The van der Waals surface area contributed by atoms with Crippen molar-refractivity contribution >= 4 is 28.7 Å². The van der Waals surface area contributed by atoms with E-state index in [1.165, 1.54) is 17.7 Å². The van der Waals surface area contributed by atoms with Crippen molar-refractivity contribution in [3.8, 4) is 0 Å². The number of nitro groups is 1. The molecule has 3 rings (SSSR count). The first-order valence-electron chi connectivity index (χ1n) is 8.10. The van der Waals surface area contributed by atoms with Crippen molar-refractivity contribution in [2.75, 3.05) is 32.0 Å². The van der Waals surface area contributed by atoms with Crippen LogP contribution in [0.2, 0.25) is 0 Å². The normalized spacial score (nSPS) is 18.0. The summed E-state index contributed by atoms with van der Waals surface area (Å²) in [5.74, 6) is 0. The van der Waals surface area contributed by atoms with Crippen molar-refractivity contribution in [1.82, 2.24) is 9.80 Å². The fourth-order valence-electron chi connectivity index (χ4n) is 2.98. The fourth-order valence-corrected chi connectivity index (χ4v) is 3.32. The number of likely N-dealkylation sites (N-methyl/N-ethyl adjacent to an activating group) is 1. The standard InChI is InChI=1S/C18H20N4O2S/c1-20-11-12-21(17(13-20)14-5-3-2-4-6-14)18(25)19-15-7-9-16(10-8-15)22(23)24/h2-10,17H,11-13H2,1H3,(H,19,25)/t17-/m1/s1. The van der Waals surface area contributed by atoms with Crippen LogP contribution in [-0.4, -0.2) is 46.5 Å². The molecule has 2 aromatic rings. The van der Waals surface area contributed by atoms with Crippen LogP contribution >= 0.6 is 12.2 Å². The summed E-state index contributed by atoms with van der Waals surface area (Å²) in [7, 11) is 2.11. The maximum absolute atomic E-state index is 10.8. The zero-order valence-corrected chi connectivity index (χ0v) is 14.8. The van der Waals surface area contributed by atoms with E-state index < -0.39 is 4.92 Å². The van der Waals surface area contributed by atoms with E-state index >= 15 is 0 Å². The van der Waals surface area contributed by atoms with Crippen LogP contribution < -0.4 is 5.32 Å². The summed E-state index contributed by atoms with van der Waals surface area (Å²) in [5, 5.41) is 14.6. The first-order chi connectivity index (χ1) is 12.0. The molecule has 1 N–H and O–H groups in total. The average Bonchev–Trinajstić information content (AvgIpc) is 2.62. The molecule has 7 heteroatoms. The lowest BCUT2D eigenvalue weighted by atomic mass is 10.0. The van der Waals surface area contributed by atoms with E-state index in [0.717, 1.165) is 25.3 Å². The second-order valence-corrected chi connectivity index (χ2v) is 6.50. The molecule has 0 saturated carbocycles. The summed E-state index contributed by atoms with van der Waals surface area (Å²) in [6.07, 6.45) is 0. The Morgan fingerprint density at radius 1 is 1.16 bits per heavy atom. The number of rotatable bonds is 3. The highest BCUT2D eigenvalue weighted by Crippen LogP contribution is 2.26. The summed E-state index contributed by atoms with van der Waals surface area (Å²) >= 11 is 5.62. The van der Waals surface area contributed by atoms with Gasteiger partial charge < -0.3 is 15.1 Å². The number of anilines is 1. The summed E-state index contributed by atoms with van der Waals surface area (Å²) in [5.41, 5.74) is 2.04. The van der Waals surface area contributed by atoms with Crippen molar-refractivity contribution in [2.24, 2.45) is 0 Å². The van der Waals surface area contributed by atoms with Gasteiger partial charge in [-0.2, -0.15) is 0 Å². The number of nitrogens with zero attached hydrogens (tertiary/aromatic N) is 3. The molecule has 0 unspecified atom stereocenters. The van der Waals surface area contributed by atoms with Gasteiger partial charge in [0.25, 0.3) is 5.69 Å². The maximum atomic E-state index is 10.8. The van der Waals surface area contributed by atoms with Gasteiger partial charge in [0.1, 0.15) is 0 Å². The van der Waals surface area contributed by atoms with Crippen LogP contribution in [0.3, 0.4) is 0 Å². The molecule has 1 heterocycles. The fraction of sp³-hybridized carbons (Fsp3) is 0.278. The van der Waals surface area contributed by atoms with Gasteiger partial charge in [0.15, 0.2) is 5.11 Å². The lowest BCUT2D eigenvalue weighted by Crippen LogP contribution is -2.50. The maximum Gasteiger partial charge on any atom is 0.269 e. The monoisotopic (exact) mass is 356 g/mol. The molecule has 0 spiro atoms. The van der Waals surface area contributed by atoms with Gasteiger partial charge in [-0.25, -0.2) is 0 Å². The molecule has 1 aliphatic rings. The molecule has 25 heavy (non-hydrogen) atoms. The molecule has 0 amide bonds. The van der Waals surface area contributed by atoms with Crippen LogP contribution in [0.15, 0.2) is 54.6 Å². The van der Waals surface area contributed by atoms with E-state index in [1.54, 1.807) is 12.1 Å². The van der Waals surface area contributed by atoms with Crippen molar-refractivity contribution in [3.05, 3.63) is 70.3 Å². The minimum atomic E-state index is -0.409. The summed E-state index contributed by atoms with van der Waals surface area (Å²) in [6, 6.07) is 16.8. The third kappa shape index (κ3) is 4.12. The van der Waals surface area contributed by atoms with Gasteiger partial charge in [-0.15, -0.1) is 0 Å². The Kier molecular flexibility index (Phi) is 5.25. The Morgan fingerprint density at radius 3 is 2.48 bits per heavy atom. The molecule has 1 fully saturated rings. The van der Waals surface area contributed by atoms with Gasteiger partial charge in [-0.3, -0.25) is 10.1 Å². The van der Waals surface area contributed by atoms with Gasteiger partial charge in [-0.05, 0) is 37.0 Å². The smallest absolute Gasteiger partial charge is 0.269 e. The van der Waals surface area contributed by atoms with E-state index in [4.69, 9.17) is 12.2 Å². The number of nitro benzene ring substituents is 1. The summed E-state index contributed by atoms with van der Waals surface area (Å²) in [6.45, 7) is 2.66. The first kappa shape index (κ1) is 17.3. The van der Waals surface area contributed by atoms with Crippen LogP contribution in [0.4, 0.5) is 11.4 Å². The summed E-state index contributed by atoms with van der Waals surface area (Å²) in [4.78, 5) is 14.8. The highest BCUT2D eigenvalue weighted by atomic mass is 32.1. The molecule has 130 valence electrons. The molecule has 1 saturated heterocycles. The molecule has 0 aromatic heterocycles. The second-order valence-electron chi connectivity index (χ2n) is 6.12. The van der Waals surface area contributed by atoms with Crippen LogP contribution in [-0.2, 0) is 0 Å².